The third-order valence-electron chi connectivity index (χ3n) is 5.51. The quantitative estimate of drug-likeness (QED) is 0.586. The zero-order valence-electron chi connectivity index (χ0n) is 17.6. The number of benzene rings is 2. The summed E-state index contributed by atoms with van der Waals surface area (Å²) in [6.07, 6.45) is 0.979. The van der Waals surface area contributed by atoms with Gasteiger partial charge < -0.3 is 4.90 Å². The molecule has 31 heavy (non-hydrogen) atoms. The normalized spacial score (nSPS) is 15.2. The van der Waals surface area contributed by atoms with E-state index in [2.05, 4.69) is 24.0 Å². The summed E-state index contributed by atoms with van der Waals surface area (Å²) in [5, 5.41) is 0.828. The van der Waals surface area contributed by atoms with Gasteiger partial charge in [0.2, 0.25) is 10.0 Å². The molecule has 8 heteroatoms. The molecule has 1 amide bonds. The number of thiazole rings is 1. The van der Waals surface area contributed by atoms with Crippen LogP contribution in [0.1, 0.15) is 27.9 Å². The first kappa shape index (κ1) is 21.7. The van der Waals surface area contributed by atoms with Gasteiger partial charge in [0.25, 0.3) is 5.91 Å². The van der Waals surface area contributed by atoms with Crippen molar-refractivity contribution in [2.45, 2.75) is 25.2 Å². The number of piperazine rings is 1. The van der Waals surface area contributed by atoms with Gasteiger partial charge in [0.15, 0.2) is 0 Å². The van der Waals surface area contributed by atoms with E-state index in [1.165, 1.54) is 21.2 Å². The highest BCUT2D eigenvalue weighted by Gasteiger charge is 2.31. The van der Waals surface area contributed by atoms with Gasteiger partial charge in [-0.1, -0.05) is 49.4 Å². The van der Waals surface area contributed by atoms with Crippen molar-refractivity contribution in [3.8, 4) is 10.6 Å². The summed E-state index contributed by atoms with van der Waals surface area (Å²) in [7, 11) is -3.54. The summed E-state index contributed by atoms with van der Waals surface area (Å²) in [5.74, 6) is -0.0804. The minimum absolute atomic E-state index is 0.0804. The Morgan fingerprint density at radius 3 is 2.26 bits per heavy atom. The van der Waals surface area contributed by atoms with E-state index in [0.717, 1.165) is 17.0 Å². The van der Waals surface area contributed by atoms with Crippen LogP contribution in [0.4, 0.5) is 0 Å². The summed E-state index contributed by atoms with van der Waals surface area (Å²) in [6.45, 7) is 5.26. The second kappa shape index (κ2) is 8.90. The van der Waals surface area contributed by atoms with Gasteiger partial charge in [-0.25, -0.2) is 13.4 Å². The summed E-state index contributed by atoms with van der Waals surface area (Å²) >= 11 is 1.40. The van der Waals surface area contributed by atoms with Gasteiger partial charge in [-0.05, 0) is 31.0 Å². The third kappa shape index (κ3) is 4.42. The van der Waals surface area contributed by atoms with E-state index < -0.39 is 10.0 Å². The molecule has 1 aliphatic heterocycles. The van der Waals surface area contributed by atoms with E-state index in [4.69, 9.17) is 0 Å². The number of nitrogens with zero attached hydrogens (tertiary/aromatic N) is 3. The van der Waals surface area contributed by atoms with Gasteiger partial charge in [0, 0.05) is 31.7 Å². The van der Waals surface area contributed by atoms with E-state index in [9.17, 15) is 13.2 Å². The number of carbonyl (C=O) groups excluding carboxylic acids is 1. The van der Waals surface area contributed by atoms with Crippen LogP contribution in [-0.4, -0.2) is 54.7 Å². The lowest BCUT2D eigenvalue weighted by molar-refractivity contribution is 0.0702. The van der Waals surface area contributed by atoms with Crippen molar-refractivity contribution in [2.24, 2.45) is 0 Å². The Morgan fingerprint density at radius 1 is 1.00 bits per heavy atom. The van der Waals surface area contributed by atoms with Crippen molar-refractivity contribution in [2.75, 3.05) is 26.2 Å². The van der Waals surface area contributed by atoms with E-state index in [1.807, 2.05) is 19.1 Å². The first-order valence-corrected chi connectivity index (χ1v) is 12.6. The van der Waals surface area contributed by atoms with Crippen molar-refractivity contribution in [3.63, 3.8) is 0 Å². The van der Waals surface area contributed by atoms with Gasteiger partial charge in [-0.2, -0.15) is 4.31 Å². The van der Waals surface area contributed by atoms with Crippen LogP contribution in [0, 0.1) is 6.92 Å². The van der Waals surface area contributed by atoms with E-state index in [-0.39, 0.29) is 23.9 Å². The molecule has 6 nitrogen and oxygen atoms in total. The average Bonchev–Trinajstić information content (AvgIpc) is 3.21. The van der Waals surface area contributed by atoms with Crippen LogP contribution in [0.5, 0.6) is 0 Å². The summed E-state index contributed by atoms with van der Waals surface area (Å²) in [5.41, 5.74) is 2.98. The average molecular weight is 456 g/mol. The van der Waals surface area contributed by atoms with E-state index >= 15 is 0 Å². The Labute approximate surface area is 187 Å². The van der Waals surface area contributed by atoms with Crippen molar-refractivity contribution in [3.05, 3.63) is 70.7 Å². The molecule has 0 unspecified atom stereocenters. The molecule has 0 N–H and O–H groups in total. The Hall–Kier alpha value is -2.55. The fourth-order valence-electron chi connectivity index (χ4n) is 3.62. The number of hydrogen-bond donors (Lipinski definition) is 0. The molecule has 1 fully saturated rings. The maximum absolute atomic E-state index is 13.1. The molecule has 0 bridgehead atoms. The molecular formula is C23H25N3O3S2. The first-order valence-electron chi connectivity index (χ1n) is 10.3. The zero-order chi connectivity index (χ0) is 22.0. The number of carbonyl (C=O) groups is 1. The monoisotopic (exact) mass is 455 g/mol. The van der Waals surface area contributed by atoms with Crippen LogP contribution >= 0.6 is 11.3 Å². The highest BCUT2D eigenvalue weighted by atomic mass is 32.2. The summed E-state index contributed by atoms with van der Waals surface area (Å²) < 4.78 is 27.1. The van der Waals surface area contributed by atoms with Crippen molar-refractivity contribution in [1.29, 1.82) is 0 Å². The molecule has 1 aliphatic rings. The maximum atomic E-state index is 13.1. The van der Waals surface area contributed by atoms with Crippen LogP contribution in [0.3, 0.4) is 0 Å². The highest BCUT2D eigenvalue weighted by molar-refractivity contribution is 7.89. The van der Waals surface area contributed by atoms with Crippen LogP contribution < -0.4 is 0 Å². The van der Waals surface area contributed by atoms with Gasteiger partial charge in [0.1, 0.15) is 9.88 Å². The number of sulfonamides is 1. The van der Waals surface area contributed by atoms with Gasteiger partial charge >= 0.3 is 0 Å². The molecule has 1 saturated heterocycles. The predicted molar refractivity (Wildman–Crippen MR) is 123 cm³/mol. The lowest BCUT2D eigenvalue weighted by Crippen LogP contribution is -2.50. The van der Waals surface area contributed by atoms with Crippen molar-refractivity contribution in [1.82, 2.24) is 14.2 Å². The lowest BCUT2D eigenvalue weighted by Gasteiger charge is -2.33. The molecular weight excluding hydrogens is 430 g/mol. The molecule has 0 spiro atoms. The molecule has 4 rings (SSSR count). The second-order valence-electron chi connectivity index (χ2n) is 7.49. The topological polar surface area (TPSA) is 70.6 Å². The lowest BCUT2D eigenvalue weighted by atomic mass is 10.1. The third-order valence-corrected chi connectivity index (χ3v) is 8.61. The fraction of sp³-hybridized carbons (Fsp3) is 0.304. The highest BCUT2D eigenvalue weighted by Crippen LogP contribution is 2.29. The zero-order valence-corrected chi connectivity index (χ0v) is 19.2. The SMILES string of the molecule is CCc1ccc(-c2nc(C)c(C(=O)N3CCN(S(=O)(=O)c4ccccc4)CC3)s2)cc1. The van der Waals surface area contributed by atoms with Crippen molar-refractivity contribution >= 4 is 27.3 Å². The standard InChI is InChI=1S/C23H25N3O3S2/c1-3-18-9-11-19(12-10-18)22-24-17(2)21(30-22)23(27)25-13-15-26(16-14-25)31(28,29)20-7-5-4-6-8-20/h4-12H,3,13-16H2,1-2H3. The van der Waals surface area contributed by atoms with Crippen molar-refractivity contribution < 1.29 is 13.2 Å². The van der Waals surface area contributed by atoms with Gasteiger partial charge in [0.05, 0.1) is 10.6 Å². The van der Waals surface area contributed by atoms with Crippen LogP contribution in [0.15, 0.2) is 59.5 Å². The van der Waals surface area contributed by atoms with Gasteiger partial charge in [-0.15, -0.1) is 11.3 Å². The Balaban J connectivity index is 1.46. The minimum Gasteiger partial charge on any atom is -0.335 e. The summed E-state index contributed by atoms with van der Waals surface area (Å²) in [6, 6.07) is 16.7. The van der Waals surface area contributed by atoms with E-state index in [0.29, 0.717) is 23.7 Å². The number of aryl methyl sites for hydroxylation is 2. The summed E-state index contributed by atoms with van der Waals surface area (Å²) in [4.78, 5) is 20.4. The number of amides is 1. The number of aromatic nitrogens is 1. The van der Waals surface area contributed by atoms with E-state index in [1.54, 1.807) is 35.2 Å². The molecule has 0 radical (unpaired) electrons. The largest absolute Gasteiger partial charge is 0.335 e. The molecule has 3 aromatic rings. The Bertz CT molecular complexity index is 1160. The molecule has 0 saturated carbocycles. The Morgan fingerprint density at radius 2 is 1.65 bits per heavy atom. The number of hydrogen-bond acceptors (Lipinski definition) is 5. The maximum Gasteiger partial charge on any atom is 0.265 e. The first-order chi connectivity index (χ1) is 14.9. The molecule has 2 aromatic carbocycles. The molecule has 2 heterocycles. The number of rotatable bonds is 5. The predicted octanol–water partition coefficient (Wildman–Crippen LogP) is 3.83. The fourth-order valence-corrected chi connectivity index (χ4v) is 6.10. The van der Waals surface area contributed by atoms with Crippen LogP contribution in [0.25, 0.3) is 10.6 Å². The second-order valence-corrected chi connectivity index (χ2v) is 10.4. The molecule has 1 aromatic heterocycles. The minimum atomic E-state index is -3.54. The Kier molecular flexibility index (Phi) is 6.22. The molecule has 162 valence electrons. The van der Waals surface area contributed by atoms with Crippen LogP contribution in [0.2, 0.25) is 0 Å². The molecule has 0 atom stereocenters. The molecule has 0 aliphatic carbocycles. The van der Waals surface area contributed by atoms with Gasteiger partial charge in [-0.3, -0.25) is 4.79 Å². The smallest absolute Gasteiger partial charge is 0.265 e. The van der Waals surface area contributed by atoms with Crippen LogP contribution in [-0.2, 0) is 16.4 Å².